The highest BCUT2D eigenvalue weighted by molar-refractivity contribution is 8.13. The molecule has 0 saturated heterocycles. The van der Waals surface area contributed by atoms with E-state index in [4.69, 9.17) is 33.9 Å². The van der Waals surface area contributed by atoms with Crippen molar-refractivity contribution >= 4 is 48.2 Å². The molecule has 0 radical (unpaired) electrons. The number of carbonyl (C=O) groups excluding carboxylic acids is 1. The molecule has 8 heteroatoms. The summed E-state index contributed by atoms with van der Waals surface area (Å²) in [7, 11) is 0.860. The topological polar surface area (TPSA) is 51.2 Å². The van der Waals surface area contributed by atoms with Crippen molar-refractivity contribution in [1.29, 1.82) is 0 Å². The smallest absolute Gasteiger partial charge is 0.262 e. The van der Waals surface area contributed by atoms with E-state index < -0.39 is 35.6 Å². The lowest BCUT2D eigenvalue weighted by molar-refractivity contribution is 0.107. The molecule has 0 atom stereocenters. The number of rotatable bonds is 2. The average molecular weight is 292 g/mol. The molecule has 0 aromatic heterocycles. The predicted octanol–water partition coefficient (Wildman–Crippen LogP) is 2.79. The third-order valence-corrected chi connectivity index (χ3v) is 3.49. The summed E-state index contributed by atoms with van der Waals surface area (Å²) in [5, 5.41) is -1.55. The minimum atomic E-state index is -4.14. The molecule has 15 heavy (non-hydrogen) atoms. The molecule has 0 saturated carbocycles. The Kier molecular flexibility index (Phi) is 3.60. The zero-order valence-electron chi connectivity index (χ0n) is 6.80. The van der Waals surface area contributed by atoms with Crippen LogP contribution in [0.1, 0.15) is 10.4 Å². The Balaban J connectivity index is 3.58. The molecule has 0 aliphatic rings. The van der Waals surface area contributed by atoms with E-state index in [1.165, 1.54) is 0 Å². The van der Waals surface area contributed by atoms with Gasteiger partial charge in [-0.05, 0) is 23.7 Å². The first-order chi connectivity index (χ1) is 6.73. The van der Waals surface area contributed by atoms with Crippen molar-refractivity contribution in [3.63, 3.8) is 0 Å². The number of hydrogen-bond acceptors (Lipinski definition) is 3. The van der Waals surface area contributed by atoms with Gasteiger partial charge in [0.05, 0.1) is 10.6 Å². The number of halogens is 4. The third-order valence-electron chi connectivity index (χ3n) is 1.50. The zero-order valence-corrected chi connectivity index (χ0v) is 9.88. The molecule has 0 amide bonds. The molecule has 3 nitrogen and oxygen atoms in total. The van der Waals surface area contributed by atoms with E-state index in [0.29, 0.717) is 12.1 Å². The van der Waals surface area contributed by atoms with Crippen LogP contribution in [0.15, 0.2) is 17.0 Å². The molecule has 0 bridgehead atoms. The largest absolute Gasteiger partial charge is 0.275 e. The molecule has 0 N–H and O–H groups in total. The standard InChI is InChI=1S/C7H2Cl3FO3S/c8-4-2-5(11)3(7(9)12)1-6(4)15(10,13)14/h1-2H. The molecule has 0 spiro atoms. The van der Waals surface area contributed by atoms with Gasteiger partial charge in [0.15, 0.2) is 0 Å². The number of hydrogen-bond donors (Lipinski definition) is 0. The molecule has 0 unspecified atom stereocenters. The summed E-state index contributed by atoms with van der Waals surface area (Å²) in [6.45, 7) is 0. The van der Waals surface area contributed by atoms with Crippen molar-refractivity contribution in [3.05, 3.63) is 28.5 Å². The minimum absolute atomic E-state index is 0.413. The predicted molar refractivity (Wildman–Crippen MR) is 54.6 cm³/mol. The summed E-state index contributed by atoms with van der Waals surface area (Å²) in [6.07, 6.45) is 0. The summed E-state index contributed by atoms with van der Waals surface area (Å²) in [5.41, 5.74) is -0.597. The van der Waals surface area contributed by atoms with Gasteiger partial charge < -0.3 is 0 Å². The first-order valence-electron chi connectivity index (χ1n) is 3.37. The molecule has 82 valence electrons. The molecule has 1 aromatic rings. The zero-order chi connectivity index (χ0) is 11.8. The van der Waals surface area contributed by atoms with E-state index in [9.17, 15) is 17.6 Å². The summed E-state index contributed by atoms with van der Waals surface area (Å²) >= 11 is 10.5. The second kappa shape index (κ2) is 4.25. The van der Waals surface area contributed by atoms with Crippen LogP contribution in [0.5, 0.6) is 0 Å². The fourth-order valence-electron chi connectivity index (χ4n) is 0.867. The second-order valence-corrected chi connectivity index (χ2v) is 5.76. The normalized spacial score (nSPS) is 11.5. The summed E-state index contributed by atoms with van der Waals surface area (Å²) < 4.78 is 34.9. The number of carbonyl (C=O) groups is 1. The SMILES string of the molecule is O=C(Cl)c1cc(S(=O)(=O)Cl)c(Cl)cc1F. The maximum absolute atomic E-state index is 13.0. The quantitative estimate of drug-likeness (QED) is 0.787. The highest BCUT2D eigenvalue weighted by atomic mass is 35.7. The van der Waals surface area contributed by atoms with E-state index >= 15 is 0 Å². The van der Waals surface area contributed by atoms with Gasteiger partial charge in [0.25, 0.3) is 14.3 Å². The van der Waals surface area contributed by atoms with Crippen LogP contribution in [0.2, 0.25) is 5.02 Å². The van der Waals surface area contributed by atoms with Gasteiger partial charge in [-0.15, -0.1) is 0 Å². The van der Waals surface area contributed by atoms with Crippen LogP contribution in [0.25, 0.3) is 0 Å². The van der Waals surface area contributed by atoms with E-state index in [-0.39, 0.29) is 0 Å². The Morgan fingerprint density at radius 1 is 1.33 bits per heavy atom. The fraction of sp³-hybridized carbons (Fsp3) is 0. The Bertz CT molecular complexity index is 527. The minimum Gasteiger partial charge on any atom is -0.275 e. The Labute approximate surface area is 99.2 Å². The van der Waals surface area contributed by atoms with Gasteiger partial charge in [-0.3, -0.25) is 4.79 Å². The Morgan fingerprint density at radius 2 is 1.87 bits per heavy atom. The Morgan fingerprint density at radius 3 is 2.27 bits per heavy atom. The van der Waals surface area contributed by atoms with Gasteiger partial charge >= 0.3 is 0 Å². The first kappa shape index (κ1) is 12.7. The fourth-order valence-corrected chi connectivity index (χ4v) is 2.52. The van der Waals surface area contributed by atoms with E-state index in [1.54, 1.807) is 0 Å². The third kappa shape index (κ3) is 2.81. The van der Waals surface area contributed by atoms with Gasteiger partial charge in [-0.25, -0.2) is 12.8 Å². The summed E-state index contributed by atoms with van der Waals surface area (Å²) in [5.74, 6) is -1.01. The molecule has 0 heterocycles. The van der Waals surface area contributed by atoms with Gasteiger partial charge in [0.2, 0.25) is 0 Å². The Hall–Kier alpha value is -0.360. The molecule has 0 aliphatic carbocycles. The van der Waals surface area contributed by atoms with Crippen LogP contribution in [-0.4, -0.2) is 13.7 Å². The van der Waals surface area contributed by atoms with Crippen LogP contribution in [-0.2, 0) is 9.05 Å². The van der Waals surface area contributed by atoms with E-state index in [0.717, 1.165) is 0 Å². The van der Waals surface area contributed by atoms with Crippen molar-refractivity contribution in [1.82, 2.24) is 0 Å². The van der Waals surface area contributed by atoms with Crippen molar-refractivity contribution in [2.75, 3.05) is 0 Å². The van der Waals surface area contributed by atoms with Crippen LogP contribution in [0.3, 0.4) is 0 Å². The van der Waals surface area contributed by atoms with Crippen molar-refractivity contribution in [2.45, 2.75) is 4.90 Å². The maximum Gasteiger partial charge on any atom is 0.262 e. The molecule has 1 rings (SSSR count). The van der Waals surface area contributed by atoms with Gasteiger partial charge in [-0.1, -0.05) is 11.6 Å². The van der Waals surface area contributed by atoms with Crippen LogP contribution in [0.4, 0.5) is 4.39 Å². The maximum atomic E-state index is 13.0. The van der Waals surface area contributed by atoms with Crippen LogP contribution >= 0.6 is 33.9 Å². The first-order valence-corrected chi connectivity index (χ1v) is 6.43. The average Bonchev–Trinajstić information content (AvgIpc) is 2.00. The molecular weight excluding hydrogens is 289 g/mol. The highest BCUT2D eigenvalue weighted by Crippen LogP contribution is 2.28. The van der Waals surface area contributed by atoms with E-state index in [1.807, 2.05) is 0 Å². The molecular formula is C7H2Cl3FO3S. The summed E-state index contributed by atoms with van der Waals surface area (Å²) in [4.78, 5) is 10.1. The van der Waals surface area contributed by atoms with Crippen LogP contribution in [0, 0.1) is 5.82 Å². The monoisotopic (exact) mass is 290 g/mol. The molecule has 0 aliphatic heterocycles. The second-order valence-electron chi connectivity index (χ2n) is 2.47. The lowest BCUT2D eigenvalue weighted by atomic mass is 10.2. The van der Waals surface area contributed by atoms with Crippen molar-refractivity contribution in [2.24, 2.45) is 0 Å². The molecule has 0 fully saturated rings. The van der Waals surface area contributed by atoms with Gasteiger partial charge in [-0.2, -0.15) is 0 Å². The molecule has 1 aromatic carbocycles. The van der Waals surface area contributed by atoms with Gasteiger partial charge in [0, 0.05) is 10.7 Å². The van der Waals surface area contributed by atoms with Crippen LogP contribution < -0.4 is 0 Å². The highest BCUT2D eigenvalue weighted by Gasteiger charge is 2.20. The van der Waals surface area contributed by atoms with E-state index in [2.05, 4.69) is 0 Å². The van der Waals surface area contributed by atoms with Crippen molar-refractivity contribution < 1.29 is 17.6 Å². The van der Waals surface area contributed by atoms with Crippen molar-refractivity contribution in [3.8, 4) is 0 Å². The lowest BCUT2D eigenvalue weighted by Crippen LogP contribution is -2.00. The lowest BCUT2D eigenvalue weighted by Gasteiger charge is -2.03. The van der Waals surface area contributed by atoms with Gasteiger partial charge in [0.1, 0.15) is 10.7 Å². The number of benzene rings is 1. The summed E-state index contributed by atoms with van der Waals surface area (Å²) in [6, 6.07) is 1.35.